The van der Waals surface area contributed by atoms with Gasteiger partial charge in [0.25, 0.3) is 5.91 Å². The van der Waals surface area contributed by atoms with Crippen molar-refractivity contribution in [2.75, 3.05) is 18.6 Å². The van der Waals surface area contributed by atoms with E-state index in [0.717, 1.165) is 32.5 Å². The number of carbonyl (C=O) groups excluding carboxylic acids is 2. The lowest BCUT2D eigenvalue weighted by Crippen LogP contribution is -2.32. The molecule has 2 heterocycles. The Kier molecular flexibility index (Phi) is 7.39. The quantitative estimate of drug-likeness (QED) is 0.239. The molecule has 0 spiro atoms. The van der Waals surface area contributed by atoms with Crippen LogP contribution in [0.15, 0.2) is 81.4 Å². The van der Waals surface area contributed by atoms with Crippen molar-refractivity contribution in [3.8, 4) is 5.75 Å². The number of hydrogen-bond donors (Lipinski definition) is 0. The molecule has 0 aromatic heterocycles. The van der Waals surface area contributed by atoms with E-state index in [1.54, 1.807) is 28.7 Å². The Hall–Kier alpha value is -2.78. The maximum absolute atomic E-state index is 13.4. The average molecular weight is 553 g/mol. The van der Waals surface area contributed by atoms with Crippen LogP contribution in [0.25, 0.3) is 6.08 Å². The van der Waals surface area contributed by atoms with Crippen LogP contribution >= 0.6 is 47.3 Å². The first kappa shape index (κ1) is 24.9. The van der Waals surface area contributed by atoms with Crippen LogP contribution in [0.4, 0.5) is 11.4 Å². The minimum absolute atomic E-state index is 0.0505. The highest BCUT2D eigenvalue weighted by Gasteiger charge is 2.32. The van der Waals surface area contributed by atoms with Crippen LogP contribution in [0, 0.1) is 0 Å². The molecule has 0 saturated carbocycles. The number of thiocarbonyl (C=S) groups is 1. The molecular formula is C27H21ClN2O3S3. The Labute approximate surface area is 228 Å². The van der Waals surface area contributed by atoms with Crippen LogP contribution in [-0.2, 0) is 9.59 Å². The largest absolute Gasteiger partial charge is 0.497 e. The highest BCUT2D eigenvalue weighted by Crippen LogP contribution is 2.49. The minimum atomic E-state index is -0.134. The van der Waals surface area contributed by atoms with Crippen molar-refractivity contribution in [1.82, 2.24) is 4.90 Å². The van der Waals surface area contributed by atoms with Gasteiger partial charge in [-0.1, -0.05) is 71.6 Å². The third-order valence-electron chi connectivity index (χ3n) is 5.80. The fourth-order valence-corrected chi connectivity index (χ4v) is 6.55. The fraction of sp³-hybridized carbons (Fsp3) is 0.148. The number of halogens is 1. The second kappa shape index (κ2) is 10.7. The summed E-state index contributed by atoms with van der Waals surface area (Å²) in [6.45, 7) is 0.378. The molecule has 0 radical (unpaired) electrons. The van der Waals surface area contributed by atoms with Crippen LogP contribution < -0.4 is 9.64 Å². The molecule has 3 aromatic rings. The van der Waals surface area contributed by atoms with E-state index in [1.165, 1.54) is 11.8 Å². The Bertz CT molecular complexity index is 1390. The van der Waals surface area contributed by atoms with Gasteiger partial charge in [0.2, 0.25) is 5.91 Å². The van der Waals surface area contributed by atoms with E-state index in [9.17, 15) is 9.59 Å². The molecular weight excluding hydrogens is 532 g/mol. The van der Waals surface area contributed by atoms with Crippen LogP contribution in [-0.4, -0.2) is 34.7 Å². The summed E-state index contributed by atoms with van der Waals surface area (Å²) in [6.07, 6.45) is 2.58. The first-order valence-corrected chi connectivity index (χ1v) is 13.7. The molecule has 0 atom stereocenters. The molecule has 5 nitrogen and oxygen atoms in total. The molecule has 182 valence electrons. The van der Waals surface area contributed by atoms with Gasteiger partial charge in [-0.3, -0.25) is 19.4 Å². The van der Waals surface area contributed by atoms with Crippen molar-refractivity contribution in [2.45, 2.75) is 22.6 Å². The molecule has 2 aliphatic heterocycles. The van der Waals surface area contributed by atoms with Gasteiger partial charge in [-0.05, 0) is 60.5 Å². The van der Waals surface area contributed by atoms with E-state index in [0.29, 0.717) is 27.2 Å². The molecule has 2 amide bonds. The number of ether oxygens (including phenoxy) is 1. The number of benzene rings is 3. The van der Waals surface area contributed by atoms with Gasteiger partial charge in [-0.15, -0.1) is 0 Å². The van der Waals surface area contributed by atoms with Crippen molar-refractivity contribution in [3.05, 3.63) is 82.2 Å². The Balaban J connectivity index is 1.27. The maximum atomic E-state index is 13.4. The molecule has 0 N–H and O–H groups in total. The molecule has 36 heavy (non-hydrogen) atoms. The summed E-state index contributed by atoms with van der Waals surface area (Å²) in [6, 6.07) is 20.9. The zero-order valence-corrected chi connectivity index (χ0v) is 22.5. The SMILES string of the molecule is COc1ccc(/C=C2/SC(=S)N(CCCC(=O)N3c4ccccc4Sc4ccc(Cl)cc43)C2=O)cc1. The predicted octanol–water partition coefficient (Wildman–Crippen LogP) is 7.16. The van der Waals surface area contributed by atoms with E-state index in [2.05, 4.69) is 0 Å². The molecule has 1 fully saturated rings. The molecule has 1 saturated heterocycles. The molecule has 2 aliphatic rings. The van der Waals surface area contributed by atoms with Gasteiger partial charge < -0.3 is 4.74 Å². The van der Waals surface area contributed by atoms with Gasteiger partial charge in [0.05, 0.1) is 23.4 Å². The first-order chi connectivity index (χ1) is 17.4. The number of anilines is 2. The maximum Gasteiger partial charge on any atom is 0.266 e. The molecule has 9 heteroatoms. The molecule has 0 bridgehead atoms. The average Bonchev–Trinajstić information content (AvgIpc) is 3.15. The predicted molar refractivity (Wildman–Crippen MR) is 151 cm³/mol. The number of nitrogens with zero attached hydrogens (tertiary/aromatic N) is 2. The van der Waals surface area contributed by atoms with Crippen molar-refractivity contribution >= 4 is 80.9 Å². The fourth-order valence-electron chi connectivity index (χ4n) is 4.04. The van der Waals surface area contributed by atoms with Crippen molar-refractivity contribution in [3.63, 3.8) is 0 Å². The number of carbonyl (C=O) groups is 2. The third-order valence-corrected chi connectivity index (χ3v) is 8.54. The van der Waals surface area contributed by atoms with Gasteiger partial charge in [0.1, 0.15) is 10.1 Å². The van der Waals surface area contributed by atoms with E-state index < -0.39 is 0 Å². The zero-order chi connectivity index (χ0) is 25.2. The Morgan fingerprint density at radius 1 is 1.03 bits per heavy atom. The number of hydrogen-bond acceptors (Lipinski definition) is 6. The second-order valence-corrected chi connectivity index (χ2v) is 11.3. The summed E-state index contributed by atoms with van der Waals surface area (Å²) in [5.41, 5.74) is 2.52. The highest BCUT2D eigenvalue weighted by molar-refractivity contribution is 8.26. The summed E-state index contributed by atoms with van der Waals surface area (Å²) < 4.78 is 5.69. The van der Waals surface area contributed by atoms with E-state index in [4.69, 9.17) is 28.6 Å². The zero-order valence-electron chi connectivity index (χ0n) is 19.3. The van der Waals surface area contributed by atoms with Crippen LogP contribution in [0.3, 0.4) is 0 Å². The molecule has 5 rings (SSSR count). The Morgan fingerprint density at radius 2 is 1.78 bits per heavy atom. The first-order valence-electron chi connectivity index (χ1n) is 11.2. The molecule has 0 unspecified atom stereocenters. The summed E-state index contributed by atoms with van der Waals surface area (Å²) in [5, 5.41) is 0.577. The second-order valence-electron chi connectivity index (χ2n) is 8.12. The summed E-state index contributed by atoms with van der Waals surface area (Å²) in [7, 11) is 1.61. The van der Waals surface area contributed by atoms with Gasteiger partial charge in [0, 0.05) is 27.8 Å². The van der Waals surface area contributed by atoms with Crippen LogP contribution in [0.2, 0.25) is 5.02 Å². The normalized spacial score (nSPS) is 15.8. The third kappa shape index (κ3) is 5.04. The smallest absolute Gasteiger partial charge is 0.266 e. The number of amides is 2. The molecule has 0 aliphatic carbocycles. The topological polar surface area (TPSA) is 49.9 Å². The summed E-state index contributed by atoms with van der Waals surface area (Å²) in [4.78, 5) is 32.3. The minimum Gasteiger partial charge on any atom is -0.497 e. The number of fused-ring (bicyclic) bond motifs is 2. The highest BCUT2D eigenvalue weighted by atomic mass is 35.5. The lowest BCUT2D eigenvalue weighted by atomic mass is 10.1. The lowest BCUT2D eigenvalue weighted by Gasteiger charge is -2.31. The molecule has 3 aromatic carbocycles. The monoisotopic (exact) mass is 552 g/mol. The standard InChI is InChI=1S/C27H21ClN2O3S3/c1-33-19-11-8-17(9-12-19)15-24-26(32)29(27(34)36-24)14-4-7-25(31)30-20-5-2-3-6-22(20)35-23-13-10-18(28)16-21(23)30/h2-3,5-6,8-13,15-16H,4,7,14H2,1H3/b24-15+. The van der Waals surface area contributed by atoms with E-state index in [-0.39, 0.29) is 18.2 Å². The van der Waals surface area contributed by atoms with Gasteiger partial charge in [-0.25, -0.2) is 0 Å². The number of rotatable bonds is 6. The number of para-hydroxylation sites is 1. The van der Waals surface area contributed by atoms with Crippen molar-refractivity contribution < 1.29 is 14.3 Å². The van der Waals surface area contributed by atoms with E-state index in [1.807, 2.05) is 72.8 Å². The van der Waals surface area contributed by atoms with Gasteiger partial charge in [0.15, 0.2) is 0 Å². The summed E-state index contributed by atoms with van der Waals surface area (Å²) in [5.74, 6) is 0.569. The van der Waals surface area contributed by atoms with E-state index >= 15 is 0 Å². The van der Waals surface area contributed by atoms with Crippen molar-refractivity contribution in [2.24, 2.45) is 0 Å². The van der Waals surface area contributed by atoms with Crippen LogP contribution in [0.1, 0.15) is 18.4 Å². The number of methoxy groups -OCH3 is 1. The number of thioether (sulfide) groups is 1. The van der Waals surface area contributed by atoms with Crippen LogP contribution in [0.5, 0.6) is 5.75 Å². The Morgan fingerprint density at radius 3 is 2.56 bits per heavy atom. The lowest BCUT2D eigenvalue weighted by molar-refractivity contribution is -0.123. The summed E-state index contributed by atoms with van der Waals surface area (Å²) >= 11 is 14.6. The van der Waals surface area contributed by atoms with Crippen molar-refractivity contribution in [1.29, 1.82) is 0 Å². The van der Waals surface area contributed by atoms with Gasteiger partial charge >= 0.3 is 0 Å². The van der Waals surface area contributed by atoms with Gasteiger partial charge in [-0.2, -0.15) is 0 Å².